The molecule has 2 heterocycles. The number of nitrogens with one attached hydrogen (secondary N) is 2. The van der Waals surface area contributed by atoms with Crippen LogP contribution in [0.3, 0.4) is 0 Å². The molecule has 1 aromatic rings. The standard InChI is InChI=1S/C15H21FN4O/c16-11-5-3-4-10(14(11)19-17)15(21)18-12-7-9-20-8-2-1-6-13(12)20/h3-5,12-13,19H,1-2,6-9,17H2,(H,18,21). The summed E-state index contributed by atoms with van der Waals surface area (Å²) in [5.74, 6) is 4.54. The first kappa shape index (κ1) is 14.3. The van der Waals surface area contributed by atoms with Crippen molar-refractivity contribution in [3.05, 3.63) is 29.6 Å². The SMILES string of the molecule is NNc1c(F)cccc1C(=O)NC1CCN2CCCCC12. The number of amides is 1. The number of hydrazine groups is 1. The molecule has 0 bridgehead atoms. The minimum atomic E-state index is -0.518. The normalized spacial score (nSPS) is 25.4. The van der Waals surface area contributed by atoms with Crippen molar-refractivity contribution < 1.29 is 9.18 Å². The molecule has 5 nitrogen and oxygen atoms in total. The zero-order valence-electron chi connectivity index (χ0n) is 11.9. The van der Waals surface area contributed by atoms with Crippen LogP contribution in [0.1, 0.15) is 36.0 Å². The van der Waals surface area contributed by atoms with Crippen LogP contribution in [-0.4, -0.2) is 36.0 Å². The largest absolute Gasteiger partial charge is 0.348 e. The number of fused-ring (bicyclic) bond motifs is 1. The first-order valence-corrected chi connectivity index (χ1v) is 7.50. The Morgan fingerprint density at radius 1 is 1.29 bits per heavy atom. The number of hydrogen-bond acceptors (Lipinski definition) is 4. The molecule has 21 heavy (non-hydrogen) atoms. The Kier molecular flexibility index (Phi) is 4.07. The van der Waals surface area contributed by atoms with Gasteiger partial charge in [0.15, 0.2) is 0 Å². The van der Waals surface area contributed by atoms with Crippen molar-refractivity contribution in [2.75, 3.05) is 18.5 Å². The molecule has 2 fully saturated rings. The Labute approximate surface area is 123 Å². The predicted molar refractivity (Wildman–Crippen MR) is 79.3 cm³/mol. The van der Waals surface area contributed by atoms with Crippen molar-refractivity contribution in [2.45, 2.75) is 37.8 Å². The van der Waals surface area contributed by atoms with Crippen LogP contribution in [-0.2, 0) is 0 Å². The number of anilines is 1. The maximum absolute atomic E-state index is 13.7. The highest BCUT2D eigenvalue weighted by atomic mass is 19.1. The fourth-order valence-corrected chi connectivity index (χ4v) is 3.52. The number of nitrogens with two attached hydrogens (primary N) is 1. The van der Waals surface area contributed by atoms with Gasteiger partial charge in [0, 0.05) is 18.6 Å². The van der Waals surface area contributed by atoms with Gasteiger partial charge in [-0.1, -0.05) is 12.5 Å². The Balaban J connectivity index is 1.73. The molecule has 2 aliphatic heterocycles. The number of benzene rings is 1. The van der Waals surface area contributed by atoms with E-state index in [1.807, 2.05) is 0 Å². The average molecular weight is 292 g/mol. The van der Waals surface area contributed by atoms with Crippen molar-refractivity contribution in [3.8, 4) is 0 Å². The lowest BCUT2D eigenvalue weighted by molar-refractivity contribution is 0.0915. The van der Waals surface area contributed by atoms with Gasteiger partial charge < -0.3 is 10.7 Å². The van der Waals surface area contributed by atoms with E-state index < -0.39 is 5.82 Å². The molecule has 6 heteroatoms. The Morgan fingerprint density at radius 3 is 2.95 bits per heavy atom. The lowest BCUT2D eigenvalue weighted by atomic mass is 9.98. The van der Waals surface area contributed by atoms with Gasteiger partial charge in [0.05, 0.1) is 11.3 Å². The quantitative estimate of drug-likeness (QED) is 0.583. The van der Waals surface area contributed by atoms with Gasteiger partial charge in [-0.2, -0.15) is 0 Å². The average Bonchev–Trinajstić information content (AvgIpc) is 2.90. The molecule has 0 saturated carbocycles. The van der Waals surface area contributed by atoms with Gasteiger partial charge in [0.2, 0.25) is 0 Å². The number of hydrogen-bond donors (Lipinski definition) is 3. The van der Waals surface area contributed by atoms with E-state index in [0.29, 0.717) is 6.04 Å². The monoisotopic (exact) mass is 292 g/mol. The number of carbonyl (C=O) groups is 1. The highest BCUT2D eigenvalue weighted by Gasteiger charge is 2.36. The number of nitrogen functional groups attached to an aromatic ring is 1. The first-order valence-electron chi connectivity index (χ1n) is 7.50. The molecule has 2 saturated heterocycles. The van der Waals surface area contributed by atoms with E-state index in [0.717, 1.165) is 25.9 Å². The lowest BCUT2D eigenvalue weighted by Gasteiger charge is -2.32. The summed E-state index contributed by atoms with van der Waals surface area (Å²) in [6.45, 7) is 2.15. The highest BCUT2D eigenvalue weighted by molar-refractivity contribution is 5.99. The Morgan fingerprint density at radius 2 is 2.14 bits per heavy atom. The molecule has 1 amide bonds. The van der Waals surface area contributed by atoms with Gasteiger partial charge in [-0.25, -0.2) is 4.39 Å². The third kappa shape index (κ3) is 2.73. The van der Waals surface area contributed by atoms with E-state index in [-0.39, 0.29) is 23.2 Å². The fraction of sp³-hybridized carbons (Fsp3) is 0.533. The van der Waals surface area contributed by atoms with E-state index in [2.05, 4.69) is 15.6 Å². The molecule has 2 aliphatic rings. The lowest BCUT2D eigenvalue weighted by Crippen LogP contribution is -2.46. The predicted octanol–water partition coefficient (Wildman–Crippen LogP) is 1.47. The van der Waals surface area contributed by atoms with Crippen molar-refractivity contribution in [1.29, 1.82) is 0 Å². The third-order valence-electron chi connectivity index (χ3n) is 4.58. The summed E-state index contributed by atoms with van der Waals surface area (Å²) in [6, 6.07) is 4.95. The number of carbonyl (C=O) groups excluding carboxylic acids is 1. The molecule has 0 aromatic heterocycles. The van der Waals surface area contributed by atoms with Gasteiger partial charge in [-0.3, -0.25) is 15.5 Å². The van der Waals surface area contributed by atoms with Gasteiger partial charge in [-0.15, -0.1) is 0 Å². The molecule has 2 unspecified atom stereocenters. The van der Waals surface area contributed by atoms with E-state index >= 15 is 0 Å². The van der Waals surface area contributed by atoms with Gasteiger partial charge in [0.1, 0.15) is 5.82 Å². The van der Waals surface area contributed by atoms with Crippen LogP contribution in [0, 0.1) is 5.82 Å². The van der Waals surface area contributed by atoms with Crippen LogP contribution in [0.15, 0.2) is 18.2 Å². The number of halogens is 1. The Hall–Kier alpha value is -1.66. The smallest absolute Gasteiger partial charge is 0.253 e. The van der Waals surface area contributed by atoms with E-state index in [1.54, 1.807) is 6.07 Å². The molecule has 2 atom stereocenters. The van der Waals surface area contributed by atoms with Crippen molar-refractivity contribution in [3.63, 3.8) is 0 Å². The maximum atomic E-state index is 13.7. The summed E-state index contributed by atoms with van der Waals surface area (Å²) < 4.78 is 13.7. The molecule has 4 N–H and O–H groups in total. The van der Waals surface area contributed by atoms with E-state index in [1.165, 1.54) is 25.0 Å². The molecular weight excluding hydrogens is 271 g/mol. The van der Waals surface area contributed by atoms with Gasteiger partial charge in [0.25, 0.3) is 5.91 Å². The molecule has 3 rings (SSSR count). The molecule has 0 aliphatic carbocycles. The van der Waals surface area contributed by atoms with Crippen molar-refractivity contribution >= 4 is 11.6 Å². The Bertz CT molecular complexity index is 536. The van der Waals surface area contributed by atoms with Crippen LogP contribution >= 0.6 is 0 Å². The fourth-order valence-electron chi connectivity index (χ4n) is 3.52. The number of para-hydroxylation sites is 1. The summed E-state index contributed by atoms with van der Waals surface area (Å²) in [7, 11) is 0. The second-order valence-corrected chi connectivity index (χ2v) is 5.77. The van der Waals surface area contributed by atoms with Crippen LogP contribution in [0.2, 0.25) is 0 Å². The molecule has 0 radical (unpaired) electrons. The van der Waals surface area contributed by atoms with Crippen LogP contribution < -0.4 is 16.6 Å². The zero-order valence-corrected chi connectivity index (χ0v) is 11.9. The second kappa shape index (κ2) is 5.99. The zero-order chi connectivity index (χ0) is 14.8. The topological polar surface area (TPSA) is 70.4 Å². The van der Waals surface area contributed by atoms with Crippen LogP contribution in [0.25, 0.3) is 0 Å². The highest BCUT2D eigenvalue weighted by Crippen LogP contribution is 2.28. The molecule has 0 spiro atoms. The van der Waals surface area contributed by atoms with Crippen LogP contribution in [0.5, 0.6) is 0 Å². The molecule has 114 valence electrons. The number of piperidine rings is 1. The maximum Gasteiger partial charge on any atom is 0.253 e. The molecule has 1 aromatic carbocycles. The minimum absolute atomic E-state index is 0.0495. The first-order chi connectivity index (χ1) is 10.2. The van der Waals surface area contributed by atoms with E-state index in [9.17, 15) is 9.18 Å². The number of nitrogens with zero attached hydrogens (tertiary/aromatic N) is 1. The van der Waals surface area contributed by atoms with Crippen molar-refractivity contribution in [2.24, 2.45) is 5.84 Å². The summed E-state index contributed by atoms with van der Waals surface area (Å²) in [5.41, 5.74) is 2.59. The van der Waals surface area contributed by atoms with Crippen LogP contribution in [0.4, 0.5) is 10.1 Å². The summed E-state index contributed by atoms with van der Waals surface area (Å²) in [5, 5.41) is 3.05. The minimum Gasteiger partial charge on any atom is -0.348 e. The van der Waals surface area contributed by atoms with E-state index in [4.69, 9.17) is 5.84 Å². The third-order valence-corrected chi connectivity index (χ3v) is 4.58. The van der Waals surface area contributed by atoms with Gasteiger partial charge >= 0.3 is 0 Å². The summed E-state index contributed by atoms with van der Waals surface area (Å²) in [4.78, 5) is 14.9. The van der Waals surface area contributed by atoms with Crippen molar-refractivity contribution in [1.82, 2.24) is 10.2 Å². The molecular formula is C15H21FN4O. The second-order valence-electron chi connectivity index (χ2n) is 5.77. The van der Waals surface area contributed by atoms with Gasteiger partial charge in [-0.05, 0) is 37.9 Å². The summed E-state index contributed by atoms with van der Waals surface area (Å²) >= 11 is 0. The summed E-state index contributed by atoms with van der Waals surface area (Å²) in [6.07, 6.45) is 4.53. The number of rotatable bonds is 3.